The molecule has 0 spiro atoms. The number of benzene rings is 2. The van der Waals surface area contributed by atoms with Crippen molar-refractivity contribution in [2.24, 2.45) is 0 Å². The molecular weight excluding hydrogens is 416 g/mol. The van der Waals surface area contributed by atoms with Crippen LogP contribution in [-0.2, 0) is 0 Å². The molecule has 0 saturated carbocycles. The van der Waals surface area contributed by atoms with Crippen molar-refractivity contribution in [2.45, 2.75) is 24.7 Å². The molecule has 31 heavy (non-hydrogen) atoms. The van der Waals surface area contributed by atoms with Crippen molar-refractivity contribution in [3.05, 3.63) is 42.0 Å². The Kier molecular flexibility index (Phi) is 6.31. The van der Waals surface area contributed by atoms with Gasteiger partial charge in [0.15, 0.2) is 5.69 Å². The number of anilines is 1. The van der Waals surface area contributed by atoms with Crippen LogP contribution in [0.1, 0.15) is 25.1 Å². The van der Waals surface area contributed by atoms with Crippen LogP contribution in [0.5, 0.6) is 23.1 Å². The summed E-state index contributed by atoms with van der Waals surface area (Å²) in [5.74, 6) is 3.05. The van der Waals surface area contributed by atoms with Crippen LogP contribution < -0.4 is 24.3 Å². The maximum absolute atomic E-state index is 6.37. The highest BCUT2D eigenvalue weighted by Gasteiger charge is 2.30. The highest BCUT2D eigenvalue weighted by Crippen LogP contribution is 2.45. The fraction of sp³-hybridized carbons (Fsp3) is 0.318. The van der Waals surface area contributed by atoms with Gasteiger partial charge in [-0.25, -0.2) is 0 Å². The van der Waals surface area contributed by atoms with E-state index in [2.05, 4.69) is 27.4 Å². The molecule has 1 N–H and O–H groups in total. The molecule has 0 aliphatic carbocycles. The van der Waals surface area contributed by atoms with E-state index in [4.69, 9.17) is 18.9 Å². The van der Waals surface area contributed by atoms with E-state index < -0.39 is 6.23 Å². The van der Waals surface area contributed by atoms with Crippen molar-refractivity contribution in [2.75, 3.05) is 32.4 Å². The van der Waals surface area contributed by atoms with Gasteiger partial charge in [-0.3, -0.25) is 0 Å². The lowest BCUT2D eigenvalue weighted by Crippen LogP contribution is -2.19. The van der Waals surface area contributed by atoms with E-state index in [-0.39, 0.29) is 0 Å². The molecular formula is C22H24N4O4S. The number of para-hydroxylation sites is 1. The van der Waals surface area contributed by atoms with Gasteiger partial charge < -0.3 is 24.3 Å². The topological polar surface area (TPSA) is 87.6 Å². The summed E-state index contributed by atoms with van der Waals surface area (Å²) in [5.41, 5.74) is 2.97. The van der Waals surface area contributed by atoms with Crippen LogP contribution in [-0.4, -0.2) is 42.3 Å². The average Bonchev–Trinajstić information content (AvgIpc) is 2.97. The molecule has 0 bridgehead atoms. The molecule has 2 heterocycles. The summed E-state index contributed by atoms with van der Waals surface area (Å²) in [4.78, 5) is 4.65. The minimum atomic E-state index is -0.640. The van der Waals surface area contributed by atoms with Gasteiger partial charge in [-0.05, 0) is 12.5 Å². The first-order valence-electron chi connectivity index (χ1n) is 9.88. The molecule has 2 aromatic carbocycles. The summed E-state index contributed by atoms with van der Waals surface area (Å²) in [5, 5.41) is 12.7. The molecule has 9 heteroatoms. The number of hydrogen-bond acceptors (Lipinski definition) is 9. The van der Waals surface area contributed by atoms with E-state index in [9.17, 15) is 0 Å². The zero-order valence-electron chi connectivity index (χ0n) is 17.8. The molecule has 1 aliphatic rings. The van der Waals surface area contributed by atoms with Crippen LogP contribution in [0, 0.1) is 0 Å². The third kappa shape index (κ3) is 4.18. The van der Waals surface area contributed by atoms with Gasteiger partial charge in [0.1, 0.15) is 17.2 Å². The van der Waals surface area contributed by atoms with E-state index in [1.807, 2.05) is 24.3 Å². The summed E-state index contributed by atoms with van der Waals surface area (Å²) in [6.07, 6.45) is 0.373. The Balaban J connectivity index is 1.85. The van der Waals surface area contributed by atoms with Crippen LogP contribution in [0.15, 0.2) is 41.6 Å². The van der Waals surface area contributed by atoms with Gasteiger partial charge >= 0.3 is 0 Å². The third-order valence-corrected chi connectivity index (χ3v) is 5.83. The van der Waals surface area contributed by atoms with Crippen LogP contribution in [0.2, 0.25) is 0 Å². The Morgan fingerprint density at radius 3 is 2.45 bits per heavy atom. The van der Waals surface area contributed by atoms with Gasteiger partial charge in [-0.2, -0.15) is 4.98 Å². The monoisotopic (exact) mass is 440 g/mol. The molecule has 1 unspecified atom stereocenters. The normalized spacial score (nSPS) is 14.4. The van der Waals surface area contributed by atoms with Crippen molar-refractivity contribution in [3.63, 3.8) is 0 Å². The number of aromatic nitrogens is 3. The summed E-state index contributed by atoms with van der Waals surface area (Å²) < 4.78 is 23.0. The summed E-state index contributed by atoms with van der Waals surface area (Å²) in [6.45, 7) is 2.11. The third-order valence-electron chi connectivity index (χ3n) is 4.78. The largest absolute Gasteiger partial charge is 0.496 e. The second-order valence-corrected chi connectivity index (χ2v) is 7.79. The zero-order valence-corrected chi connectivity index (χ0v) is 18.7. The minimum Gasteiger partial charge on any atom is -0.496 e. The smallest absolute Gasteiger partial charge is 0.247 e. The van der Waals surface area contributed by atoms with E-state index in [1.54, 1.807) is 45.2 Å². The Bertz CT molecular complexity index is 1050. The van der Waals surface area contributed by atoms with E-state index in [1.165, 1.54) is 0 Å². The molecule has 4 rings (SSSR count). The number of nitrogens with zero attached hydrogens (tertiary/aromatic N) is 3. The fourth-order valence-corrected chi connectivity index (χ4v) is 3.96. The van der Waals surface area contributed by atoms with Gasteiger partial charge in [0.2, 0.25) is 17.3 Å². The van der Waals surface area contributed by atoms with Gasteiger partial charge in [-0.1, -0.05) is 36.9 Å². The second-order valence-electron chi connectivity index (χ2n) is 6.73. The SMILES string of the molecule is CCCSc1nnc2c(n1)OC(c1c(OC)cc(OC)cc1OC)Nc1ccccc1-2. The average molecular weight is 441 g/mol. The molecule has 8 nitrogen and oxygen atoms in total. The number of fused-ring (bicyclic) bond motifs is 3. The number of hydrogen-bond donors (Lipinski definition) is 1. The molecule has 0 fully saturated rings. The first-order valence-corrected chi connectivity index (χ1v) is 10.9. The molecule has 0 radical (unpaired) electrons. The van der Waals surface area contributed by atoms with Crippen molar-refractivity contribution in [1.29, 1.82) is 0 Å². The Hall–Kier alpha value is -3.20. The van der Waals surface area contributed by atoms with Crippen LogP contribution in [0.25, 0.3) is 11.3 Å². The van der Waals surface area contributed by atoms with E-state index in [0.29, 0.717) is 39.5 Å². The number of rotatable bonds is 7. The second kappa shape index (κ2) is 9.30. The highest BCUT2D eigenvalue weighted by molar-refractivity contribution is 7.99. The highest BCUT2D eigenvalue weighted by atomic mass is 32.2. The van der Waals surface area contributed by atoms with Crippen molar-refractivity contribution in [3.8, 4) is 34.4 Å². The lowest BCUT2D eigenvalue weighted by molar-refractivity contribution is 0.213. The first kappa shape index (κ1) is 21.0. The van der Waals surface area contributed by atoms with Crippen molar-refractivity contribution >= 4 is 17.4 Å². The molecule has 0 saturated heterocycles. The number of methoxy groups -OCH3 is 3. The summed E-state index contributed by atoms with van der Waals surface area (Å²) in [7, 11) is 4.79. The number of thioether (sulfide) groups is 1. The maximum atomic E-state index is 6.37. The number of nitrogens with one attached hydrogen (secondary N) is 1. The molecule has 0 amide bonds. The van der Waals surface area contributed by atoms with Crippen LogP contribution >= 0.6 is 11.8 Å². The maximum Gasteiger partial charge on any atom is 0.247 e. The van der Waals surface area contributed by atoms with Gasteiger partial charge in [0.25, 0.3) is 0 Å². The predicted octanol–water partition coefficient (Wildman–Crippen LogP) is 4.57. The van der Waals surface area contributed by atoms with Crippen molar-refractivity contribution < 1.29 is 18.9 Å². The molecule has 162 valence electrons. The standard InChI is InChI=1S/C22H24N4O4S/c1-5-10-31-22-24-21-19(25-26-22)14-8-6-7-9-15(14)23-20(30-21)18-16(28-3)11-13(27-2)12-17(18)29-4/h6-9,11-12,20,23H,5,10H2,1-4H3. The Morgan fingerprint density at radius 2 is 1.77 bits per heavy atom. The number of ether oxygens (including phenoxy) is 4. The fourth-order valence-electron chi connectivity index (χ4n) is 3.32. The van der Waals surface area contributed by atoms with E-state index >= 15 is 0 Å². The molecule has 1 aromatic heterocycles. The lowest BCUT2D eigenvalue weighted by atomic mass is 10.1. The lowest BCUT2D eigenvalue weighted by Gasteiger charge is -2.23. The first-order chi connectivity index (χ1) is 15.2. The Labute approximate surface area is 185 Å². The predicted molar refractivity (Wildman–Crippen MR) is 119 cm³/mol. The summed E-state index contributed by atoms with van der Waals surface area (Å²) in [6, 6.07) is 11.4. The van der Waals surface area contributed by atoms with Gasteiger partial charge in [-0.15, -0.1) is 10.2 Å². The van der Waals surface area contributed by atoms with Crippen LogP contribution in [0.3, 0.4) is 0 Å². The summed E-state index contributed by atoms with van der Waals surface area (Å²) >= 11 is 1.55. The Morgan fingerprint density at radius 1 is 1.03 bits per heavy atom. The molecule has 1 aliphatic heterocycles. The van der Waals surface area contributed by atoms with Crippen LogP contribution in [0.4, 0.5) is 5.69 Å². The molecule has 1 atom stereocenters. The zero-order chi connectivity index (χ0) is 21.8. The van der Waals surface area contributed by atoms with Gasteiger partial charge in [0, 0.05) is 29.1 Å². The quantitative estimate of drug-likeness (QED) is 0.531. The van der Waals surface area contributed by atoms with E-state index in [0.717, 1.165) is 23.4 Å². The minimum absolute atomic E-state index is 0.399. The van der Waals surface area contributed by atoms with Gasteiger partial charge in [0.05, 0.1) is 26.9 Å². The van der Waals surface area contributed by atoms with Crippen molar-refractivity contribution in [1.82, 2.24) is 15.2 Å². The molecule has 3 aromatic rings.